The molecule has 1 aliphatic heterocycles. The van der Waals surface area contributed by atoms with Gasteiger partial charge < -0.3 is 10.4 Å². The first-order chi connectivity index (χ1) is 6.27. The van der Waals surface area contributed by atoms with Gasteiger partial charge in [0.15, 0.2) is 0 Å². The number of hydrogen-bond acceptors (Lipinski definition) is 2. The van der Waals surface area contributed by atoms with E-state index >= 15 is 0 Å². The molecule has 2 rings (SSSR count). The van der Waals surface area contributed by atoms with E-state index in [4.69, 9.17) is 0 Å². The fraction of sp³-hybridized carbons (Fsp3) is 0.455. The molecular formula is C11H15NO. The molecule has 13 heavy (non-hydrogen) atoms. The van der Waals surface area contributed by atoms with Crippen LogP contribution in [0.5, 0.6) is 0 Å². The highest BCUT2D eigenvalue weighted by Gasteiger charge is 2.10. The maximum Gasteiger partial charge on any atom is 0.0762 e. The van der Waals surface area contributed by atoms with Crippen LogP contribution in [0.4, 0.5) is 5.69 Å². The lowest BCUT2D eigenvalue weighted by Gasteiger charge is -2.19. The first-order valence-corrected chi connectivity index (χ1v) is 4.82. The predicted molar refractivity (Wildman–Crippen MR) is 53.9 cm³/mol. The second kappa shape index (κ2) is 3.38. The van der Waals surface area contributed by atoms with Crippen molar-refractivity contribution >= 4 is 5.69 Å². The van der Waals surface area contributed by atoms with Crippen LogP contribution in [0.15, 0.2) is 18.2 Å². The van der Waals surface area contributed by atoms with Gasteiger partial charge in [-0.15, -0.1) is 0 Å². The van der Waals surface area contributed by atoms with Gasteiger partial charge in [0.2, 0.25) is 0 Å². The van der Waals surface area contributed by atoms with E-state index in [1.165, 1.54) is 17.7 Å². The van der Waals surface area contributed by atoms with E-state index < -0.39 is 0 Å². The van der Waals surface area contributed by atoms with Crippen LogP contribution in [0.25, 0.3) is 0 Å². The molecule has 1 aromatic rings. The van der Waals surface area contributed by atoms with E-state index in [2.05, 4.69) is 17.4 Å². The van der Waals surface area contributed by atoms with Crippen LogP contribution in [0.2, 0.25) is 0 Å². The van der Waals surface area contributed by atoms with Gasteiger partial charge in [0.1, 0.15) is 0 Å². The summed E-state index contributed by atoms with van der Waals surface area (Å²) in [6, 6.07) is 6.16. The third kappa shape index (κ3) is 1.68. The quantitative estimate of drug-likeness (QED) is 0.688. The monoisotopic (exact) mass is 177 g/mol. The van der Waals surface area contributed by atoms with E-state index in [1.54, 1.807) is 6.92 Å². The summed E-state index contributed by atoms with van der Waals surface area (Å²) in [6.45, 7) is 2.87. The number of aliphatic hydroxyl groups excluding tert-OH is 1. The molecule has 1 heterocycles. The summed E-state index contributed by atoms with van der Waals surface area (Å²) in [5.41, 5.74) is 3.59. The van der Waals surface area contributed by atoms with Crippen molar-refractivity contribution in [1.29, 1.82) is 0 Å². The minimum absolute atomic E-state index is 0.354. The maximum absolute atomic E-state index is 9.40. The second-order valence-corrected chi connectivity index (χ2v) is 3.62. The summed E-state index contributed by atoms with van der Waals surface area (Å²) in [5.74, 6) is 0. The topological polar surface area (TPSA) is 32.3 Å². The Hall–Kier alpha value is -1.02. The average molecular weight is 177 g/mol. The Morgan fingerprint density at radius 3 is 3.08 bits per heavy atom. The van der Waals surface area contributed by atoms with E-state index in [0.717, 1.165) is 18.5 Å². The van der Waals surface area contributed by atoms with E-state index in [1.807, 2.05) is 6.07 Å². The Bertz CT molecular complexity index is 307. The Kier molecular flexibility index (Phi) is 2.23. The fourth-order valence-corrected chi connectivity index (χ4v) is 1.75. The molecule has 2 N–H and O–H groups in total. The Balaban J connectivity index is 2.35. The summed E-state index contributed by atoms with van der Waals surface area (Å²) < 4.78 is 0. The maximum atomic E-state index is 9.40. The summed E-state index contributed by atoms with van der Waals surface area (Å²) in [5, 5.41) is 12.8. The third-order valence-electron chi connectivity index (χ3n) is 2.55. The van der Waals surface area contributed by atoms with E-state index in [9.17, 15) is 5.11 Å². The van der Waals surface area contributed by atoms with Gasteiger partial charge in [0.25, 0.3) is 0 Å². The largest absolute Gasteiger partial charge is 0.389 e. The summed E-state index contributed by atoms with van der Waals surface area (Å²) >= 11 is 0. The van der Waals surface area contributed by atoms with Crippen molar-refractivity contribution in [1.82, 2.24) is 0 Å². The zero-order chi connectivity index (χ0) is 9.26. The van der Waals surface area contributed by atoms with Crippen molar-refractivity contribution in [2.75, 3.05) is 11.9 Å². The number of hydrogen-bond donors (Lipinski definition) is 2. The lowest BCUT2D eigenvalue weighted by molar-refractivity contribution is 0.199. The normalized spacial score (nSPS) is 17.4. The van der Waals surface area contributed by atoms with Gasteiger partial charge in [-0.3, -0.25) is 0 Å². The molecule has 0 bridgehead atoms. The lowest BCUT2D eigenvalue weighted by Crippen LogP contribution is -2.12. The van der Waals surface area contributed by atoms with Crippen LogP contribution in [-0.2, 0) is 6.42 Å². The van der Waals surface area contributed by atoms with Gasteiger partial charge in [-0.05, 0) is 37.0 Å². The number of aliphatic hydroxyl groups is 1. The molecule has 1 aromatic carbocycles. The van der Waals surface area contributed by atoms with Crippen LogP contribution in [-0.4, -0.2) is 11.7 Å². The van der Waals surface area contributed by atoms with Gasteiger partial charge in [-0.25, -0.2) is 0 Å². The molecule has 1 atom stereocenters. The van der Waals surface area contributed by atoms with Crippen molar-refractivity contribution in [2.24, 2.45) is 0 Å². The molecule has 0 unspecified atom stereocenters. The fourth-order valence-electron chi connectivity index (χ4n) is 1.75. The van der Waals surface area contributed by atoms with Gasteiger partial charge in [-0.1, -0.05) is 12.1 Å². The van der Waals surface area contributed by atoms with Crippen LogP contribution in [0.1, 0.15) is 30.6 Å². The second-order valence-electron chi connectivity index (χ2n) is 3.62. The molecule has 0 radical (unpaired) electrons. The van der Waals surface area contributed by atoms with Crippen molar-refractivity contribution in [2.45, 2.75) is 25.9 Å². The van der Waals surface area contributed by atoms with Crippen molar-refractivity contribution < 1.29 is 5.11 Å². The molecule has 0 amide bonds. The summed E-state index contributed by atoms with van der Waals surface area (Å²) in [4.78, 5) is 0. The standard InChI is InChI=1S/C11H15NO/c1-8(13)9-4-5-11-10(7-9)3-2-6-12-11/h4-5,7-8,12-13H,2-3,6H2,1H3/t8-/m0/s1. The highest BCUT2D eigenvalue weighted by molar-refractivity contribution is 5.54. The number of rotatable bonds is 1. The Labute approximate surface area is 78.6 Å². The lowest BCUT2D eigenvalue weighted by atomic mass is 9.99. The van der Waals surface area contributed by atoms with Gasteiger partial charge in [-0.2, -0.15) is 0 Å². The summed E-state index contributed by atoms with van der Waals surface area (Å²) in [7, 11) is 0. The van der Waals surface area contributed by atoms with Gasteiger partial charge >= 0.3 is 0 Å². The molecule has 2 nitrogen and oxygen atoms in total. The molecule has 0 fully saturated rings. The summed E-state index contributed by atoms with van der Waals surface area (Å²) in [6.07, 6.45) is 1.96. The molecule has 70 valence electrons. The highest BCUT2D eigenvalue weighted by Crippen LogP contribution is 2.25. The van der Waals surface area contributed by atoms with Crippen LogP contribution in [0, 0.1) is 0 Å². The minimum Gasteiger partial charge on any atom is -0.389 e. The first kappa shape index (κ1) is 8.57. The molecule has 0 saturated heterocycles. The number of benzene rings is 1. The highest BCUT2D eigenvalue weighted by atomic mass is 16.3. The van der Waals surface area contributed by atoms with Crippen molar-refractivity contribution in [3.8, 4) is 0 Å². The van der Waals surface area contributed by atoms with Crippen LogP contribution >= 0.6 is 0 Å². The van der Waals surface area contributed by atoms with Gasteiger partial charge in [0, 0.05) is 12.2 Å². The number of aryl methyl sites for hydroxylation is 1. The van der Waals surface area contributed by atoms with Crippen LogP contribution < -0.4 is 5.32 Å². The molecule has 0 aliphatic carbocycles. The molecule has 0 saturated carbocycles. The molecule has 1 aliphatic rings. The molecule has 0 spiro atoms. The van der Waals surface area contributed by atoms with Crippen molar-refractivity contribution in [3.05, 3.63) is 29.3 Å². The SMILES string of the molecule is C[C@H](O)c1ccc2c(c1)CCCN2. The smallest absolute Gasteiger partial charge is 0.0762 e. The minimum atomic E-state index is -0.354. The molecule has 0 aromatic heterocycles. The predicted octanol–water partition coefficient (Wildman–Crippen LogP) is 2.10. The van der Waals surface area contributed by atoms with E-state index in [-0.39, 0.29) is 6.10 Å². The zero-order valence-corrected chi connectivity index (χ0v) is 7.88. The van der Waals surface area contributed by atoms with Crippen molar-refractivity contribution in [3.63, 3.8) is 0 Å². The number of fused-ring (bicyclic) bond motifs is 1. The Morgan fingerprint density at radius 2 is 2.31 bits per heavy atom. The Morgan fingerprint density at radius 1 is 1.46 bits per heavy atom. The van der Waals surface area contributed by atoms with Gasteiger partial charge in [0.05, 0.1) is 6.10 Å². The average Bonchev–Trinajstić information content (AvgIpc) is 2.17. The number of anilines is 1. The number of nitrogens with one attached hydrogen (secondary N) is 1. The third-order valence-corrected chi connectivity index (χ3v) is 2.55. The van der Waals surface area contributed by atoms with Crippen LogP contribution in [0.3, 0.4) is 0 Å². The molecular weight excluding hydrogens is 162 g/mol. The molecule has 2 heteroatoms. The van der Waals surface area contributed by atoms with E-state index in [0.29, 0.717) is 0 Å². The zero-order valence-electron chi connectivity index (χ0n) is 7.88. The first-order valence-electron chi connectivity index (χ1n) is 4.82.